The molecule has 2 heteroatoms. The third kappa shape index (κ3) is 3.60. The van der Waals surface area contributed by atoms with Crippen LogP contribution in [-0.2, 0) is 0 Å². The number of phenolic OH excluding ortho intramolecular Hbond substituents is 2. The number of phenols is 2. The Kier molecular flexibility index (Phi) is 5.32. The van der Waals surface area contributed by atoms with Crippen molar-refractivity contribution < 1.29 is 10.2 Å². The fraction of sp³-hybridized carbons (Fsp3) is 0.500. The maximum absolute atomic E-state index is 10.9. The molecule has 0 bridgehead atoms. The number of aryl methyl sites for hydroxylation is 4. The van der Waals surface area contributed by atoms with E-state index in [4.69, 9.17) is 0 Å². The smallest absolute Gasteiger partial charge is 0.122 e. The van der Waals surface area contributed by atoms with Crippen molar-refractivity contribution in [3.05, 3.63) is 57.6 Å². The van der Waals surface area contributed by atoms with E-state index in [9.17, 15) is 10.2 Å². The molecule has 0 heterocycles. The van der Waals surface area contributed by atoms with Crippen molar-refractivity contribution in [2.45, 2.75) is 66.2 Å². The first-order valence-electron chi connectivity index (χ1n) is 9.88. The standard InChI is InChI=1S/C24H32O2/c1-14-7-6-8-19(11-14)22(20-12-15(2)9-17(4)23(20)25)21-13-16(3)10-18(5)24(21)26/h9-10,12-14,19,22,25-26H,6-8,11H2,1-5H3. The minimum atomic E-state index is 0.0370. The molecular weight excluding hydrogens is 320 g/mol. The van der Waals surface area contributed by atoms with E-state index in [1.807, 2.05) is 26.0 Å². The van der Waals surface area contributed by atoms with Gasteiger partial charge in [0, 0.05) is 17.0 Å². The summed E-state index contributed by atoms with van der Waals surface area (Å²) < 4.78 is 0. The van der Waals surface area contributed by atoms with E-state index in [1.165, 1.54) is 12.8 Å². The molecule has 2 aromatic rings. The van der Waals surface area contributed by atoms with Gasteiger partial charge in [-0.2, -0.15) is 0 Å². The van der Waals surface area contributed by atoms with Gasteiger partial charge in [0.25, 0.3) is 0 Å². The van der Waals surface area contributed by atoms with Crippen LogP contribution in [0.25, 0.3) is 0 Å². The predicted molar refractivity (Wildman–Crippen MR) is 108 cm³/mol. The first-order chi connectivity index (χ1) is 12.3. The molecule has 0 radical (unpaired) electrons. The van der Waals surface area contributed by atoms with Crippen LogP contribution in [0.3, 0.4) is 0 Å². The van der Waals surface area contributed by atoms with Crippen LogP contribution in [0.4, 0.5) is 0 Å². The Morgan fingerprint density at radius 2 is 1.31 bits per heavy atom. The third-order valence-electron chi connectivity index (χ3n) is 6.07. The summed E-state index contributed by atoms with van der Waals surface area (Å²) in [6.45, 7) is 10.4. The molecule has 0 saturated heterocycles. The minimum absolute atomic E-state index is 0.0370. The Balaban J connectivity index is 2.21. The molecule has 2 N–H and O–H groups in total. The van der Waals surface area contributed by atoms with Gasteiger partial charge in [-0.25, -0.2) is 0 Å². The maximum atomic E-state index is 10.9. The Morgan fingerprint density at radius 1 is 0.808 bits per heavy atom. The van der Waals surface area contributed by atoms with E-state index in [0.717, 1.165) is 46.2 Å². The van der Waals surface area contributed by atoms with Crippen molar-refractivity contribution in [2.24, 2.45) is 11.8 Å². The molecule has 140 valence electrons. The molecular formula is C24H32O2. The highest BCUT2D eigenvalue weighted by molar-refractivity contribution is 5.53. The van der Waals surface area contributed by atoms with Gasteiger partial charge in [-0.05, 0) is 63.5 Å². The molecule has 2 unspecified atom stereocenters. The van der Waals surface area contributed by atoms with Gasteiger partial charge in [0.2, 0.25) is 0 Å². The molecule has 0 aliphatic heterocycles. The van der Waals surface area contributed by atoms with Crippen LogP contribution in [0.2, 0.25) is 0 Å². The van der Waals surface area contributed by atoms with Gasteiger partial charge in [0.1, 0.15) is 11.5 Å². The summed E-state index contributed by atoms with van der Waals surface area (Å²) in [6.07, 6.45) is 4.79. The summed E-state index contributed by atoms with van der Waals surface area (Å²) in [5, 5.41) is 21.8. The number of hydrogen-bond donors (Lipinski definition) is 2. The van der Waals surface area contributed by atoms with Gasteiger partial charge < -0.3 is 10.2 Å². The van der Waals surface area contributed by atoms with Crippen LogP contribution < -0.4 is 0 Å². The molecule has 1 saturated carbocycles. The molecule has 2 aromatic carbocycles. The van der Waals surface area contributed by atoms with Gasteiger partial charge >= 0.3 is 0 Å². The van der Waals surface area contributed by atoms with E-state index < -0.39 is 0 Å². The minimum Gasteiger partial charge on any atom is -0.507 e. The number of aromatic hydroxyl groups is 2. The molecule has 2 nitrogen and oxygen atoms in total. The normalized spacial score (nSPS) is 20.5. The van der Waals surface area contributed by atoms with Crippen molar-refractivity contribution in [3.63, 3.8) is 0 Å². The lowest BCUT2D eigenvalue weighted by Crippen LogP contribution is -2.22. The molecule has 0 amide bonds. The molecule has 1 fully saturated rings. The first-order valence-corrected chi connectivity index (χ1v) is 9.88. The fourth-order valence-corrected chi connectivity index (χ4v) is 4.92. The number of rotatable bonds is 3. The molecule has 1 aliphatic carbocycles. The summed E-state index contributed by atoms with van der Waals surface area (Å²) in [4.78, 5) is 0. The first kappa shape index (κ1) is 18.8. The second-order valence-corrected chi connectivity index (χ2v) is 8.55. The predicted octanol–water partition coefficient (Wildman–Crippen LogP) is 6.29. The maximum Gasteiger partial charge on any atom is 0.122 e. The average molecular weight is 353 g/mol. The Labute approximate surface area is 157 Å². The van der Waals surface area contributed by atoms with Gasteiger partial charge in [0.15, 0.2) is 0 Å². The highest BCUT2D eigenvalue weighted by atomic mass is 16.3. The lowest BCUT2D eigenvalue weighted by molar-refractivity contribution is 0.256. The topological polar surface area (TPSA) is 40.5 Å². The quantitative estimate of drug-likeness (QED) is 0.681. The lowest BCUT2D eigenvalue weighted by atomic mass is 9.69. The Bertz CT molecular complexity index is 749. The van der Waals surface area contributed by atoms with E-state index >= 15 is 0 Å². The van der Waals surface area contributed by atoms with Crippen LogP contribution in [-0.4, -0.2) is 10.2 Å². The van der Waals surface area contributed by atoms with Crippen molar-refractivity contribution in [3.8, 4) is 11.5 Å². The molecule has 0 spiro atoms. The van der Waals surface area contributed by atoms with Crippen LogP contribution >= 0.6 is 0 Å². The highest BCUT2D eigenvalue weighted by Crippen LogP contribution is 2.48. The monoisotopic (exact) mass is 352 g/mol. The van der Waals surface area contributed by atoms with E-state index in [1.54, 1.807) is 0 Å². The zero-order valence-corrected chi connectivity index (χ0v) is 16.8. The second kappa shape index (κ2) is 7.34. The van der Waals surface area contributed by atoms with Gasteiger partial charge in [-0.15, -0.1) is 0 Å². The molecule has 1 aliphatic rings. The van der Waals surface area contributed by atoms with E-state index in [2.05, 4.69) is 32.9 Å². The summed E-state index contributed by atoms with van der Waals surface area (Å²) >= 11 is 0. The van der Waals surface area contributed by atoms with E-state index in [0.29, 0.717) is 23.3 Å². The Hall–Kier alpha value is -1.96. The van der Waals surface area contributed by atoms with Crippen molar-refractivity contribution in [1.29, 1.82) is 0 Å². The molecule has 2 atom stereocenters. The van der Waals surface area contributed by atoms with E-state index in [-0.39, 0.29) is 5.92 Å². The summed E-state index contributed by atoms with van der Waals surface area (Å²) in [5.74, 6) is 1.94. The SMILES string of the molecule is Cc1cc(C)c(O)c(C(c2cc(C)cc(C)c2O)C2CCCC(C)C2)c1. The average Bonchev–Trinajstić information content (AvgIpc) is 2.56. The van der Waals surface area contributed by atoms with Crippen LogP contribution in [0.1, 0.15) is 71.9 Å². The molecule has 0 aromatic heterocycles. The highest BCUT2D eigenvalue weighted by Gasteiger charge is 2.33. The zero-order valence-electron chi connectivity index (χ0n) is 16.8. The third-order valence-corrected chi connectivity index (χ3v) is 6.07. The van der Waals surface area contributed by atoms with Gasteiger partial charge in [-0.3, -0.25) is 0 Å². The zero-order chi connectivity index (χ0) is 19.0. The summed E-state index contributed by atoms with van der Waals surface area (Å²) in [5.41, 5.74) is 6.10. The summed E-state index contributed by atoms with van der Waals surface area (Å²) in [7, 11) is 0. The Morgan fingerprint density at radius 3 is 1.77 bits per heavy atom. The van der Waals surface area contributed by atoms with Crippen molar-refractivity contribution in [2.75, 3.05) is 0 Å². The van der Waals surface area contributed by atoms with Crippen molar-refractivity contribution in [1.82, 2.24) is 0 Å². The largest absolute Gasteiger partial charge is 0.507 e. The number of hydrogen-bond acceptors (Lipinski definition) is 2. The summed E-state index contributed by atoms with van der Waals surface area (Å²) in [6, 6.07) is 8.29. The van der Waals surface area contributed by atoms with Crippen LogP contribution in [0.5, 0.6) is 11.5 Å². The van der Waals surface area contributed by atoms with Crippen LogP contribution in [0, 0.1) is 39.5 Å². The van der Waals surface area contributed by atoms with Crippen LogP contribution in [0.15, 0.2) is 24.3 Å². The van der Waals surface area contributed by atoms with Gasteiger partial charge in [-0.1, -0.05) is 55.2 Å². The number of benzene rings is 2. The van der Waals surface area contributed by atoms with Gasteiger partial charge in [0.05, 0.1) is 0 Å². The molecule has 26 heavy (non-hydrogen) atoms. The lowest BCUT2D eigenvalue weighted by Gasteiger charge is -2.35. The second-order valence-electron chi connectivity index (χ2n) is 8.55. The van der Waals surface area contributed by atoms with Crippen molar-refractivity contribution >= 4 is 0 Å². The molecule has 3 rings (SSSR count). The fourth-order valence-electron chi connectivity index (χ4n) is 4.92.